The number of nitrogens with two attached hydrogens (primary N) is 1. The van der Waals surface area contributed by atoms with Crippen molar-refractivity contribution in [3.8, 4) is 0 Å². The highest BCUT2D eigenvalue weighted by Gasteiger charge is 2.53. The van der Waals surface area contributed by atoms with Crippen molar-refractivity contribution in [3.05, 3.63) is 0 Å². The normalized spacial score (nSPS) is 40.3. The number of carboxylic acids is 1. The highest BCUT2D eigenvalue weighted by Crippen LogP contribution is 2.48. The highest BCUT2D eigenvalue weighted by atomic mass is 16.4. The van der Waals surface area contributed by atoms with Crippen LogP contribution in [0.15, 0.2) is 0 Å². The minimum Gasteiger partial charge on any atom is -0.481 e. The third-order valence-electron chi connectivity index (χ3n) is 5.20. The van der Waals surface area contributed by atoms with Crippen LogP contribution in [-0.2, 0) is 9.59 Å². The van der Waals surface area contributed by atoms with Crippen LogP contribution in [0.3, 0.4) is 0 Å². The fraction of sp³-hybridized carbons (Fsp3) is 0.846. The van der Waals surface area contributed by atoms with Gasteiger partial charge >= 0.3 is 5.97 Å². The number of carbonyl (C=O) groups is 2. The summed E-state index contributed by atoms with van der Waals surface area (Å²) < 4.78 is 0. The number of carboxylic acid groups (broad SMARTS) is 1. The average molecular weight is 252 g/mol. The molecular formula is C13H20N2O3. The molecule has 4 N–H and O–H groups in total. The van der Waals surface area contributed by atoms with Crippen LogP contribution in [0, 0.1) is 17.8 Å². The van der Waals surface area contributed by atoms with E-state index in [1.165, 1.54) is 0 Å². The molecule has 100 valence electrons. The van der Waals surface area contributed by atoms with Crippen LogP contribution < -0.4 is 11.1 Å². The van der Waals surface area contributed by atoms with E-state index in [-0.39, 0.29) is 17.9 Å². The standard InChI is InChI=1S/C13H20N2O3/c14-13(4-1-5-13)12(18)15-10-8-3-2-7(6-8)9(10)11(16)17/h7-10H,1-6,14H2,(H,15,18)(H,16,17). The van der Waals surface area contributed by atoms with Crippen LogP contribution in [0.1, 0.15) is 38.5 Å². The number of amides is 1. The summed E-state index contributed by atoms with van der Waals surface area (Å²) in [5.74, 6) is -0.738. The van der Waals surface area contributed by atoms with Gasteiger partial charge in [0.1, 0.15) is 0 Å². The quantitative estimate of drug-likeness (QED) is 0.681. The van der Waals surface area contributed by atoms with Gasteiger partial charge in [0.25, 0.3) is 0 Å². The van der Waals surface area contributed by atoms with Gasteiger partial charge in [0, 0.05) is 6.04 Å². The topological polar surface area (TPSA) is 92.4 Å². The molecule has 3 fully saturated rings. The van der Waals surface area contributed by atoms with Crippen LogP contribution in [-0.4, -0.2) is 28.6 Å². The number of aliphatic carboxylic acids is 1. The minimum atomic E-state index is -0.771. The van der Waals surface area contributed by atoms with Crippen molar-refractivity contribution in [2.45, 2.75) is 50.1 Å². The molecule has 0 aromatic carbocycles. The SMILES string of the molecule is NC1(C(=O)NC2C3CCC(C3)C2C(=O)O)CCC1. The van der Waals surface area contributed by atoms with E-state index >= 15 is 0 Å². The Bertz CT molecular complexity index is 392. The lowest BCUT2D eigenvalue weighted by Gasteiger charge is -2.39. The van der Waals surface area contributed by atoms with Gasteiger partial charge in [-0.1, -0.05) is 0 Å². The first-order valence-electron chi connectivity index (χ1n) is 6.84. The molecule has 0 radical (unpaired) electrons. The smallest absolute Gasteiger partial charge is 0.308 e. The second kappa shape index (κ2) is 3.95. The zero-order valence-electron chi connectivity index (χ0n) is 10.4. The third kappa shape index (κ3) is 1.64. The average Bonchev–Trinajstić information content (AvgIpc) is 2.85. The lowest BCUT2D eigenvalue weighted by molar-refractivity contribution is -0.145. The number of carbonyl (C=O) groups excluding carboxylic acids is 1. The zero-order chi connectivity index (χ0) is 12.9. The summed E-state index contributed by atoms with van der Waals surface area (Å²) in [6.07, 6.45) is 5.40. The number of hydrogen-bond acceptors (Lipinski definition) is 3. The summed E-state index contributed by atoms with van der Waals surface area (Å²) in [4.78, 5) is 23.5. The largest absolute Gasteiger partial charge is 0.481 e. The Balaban J connectivity index is 1.71. The summed E-state index contributed by atoms with van der Waals surface area (Å²) in [6, 6.07) is -0.199. The lowest BCUT2D eigenvalue weighted by atomic mass is 9.76. The van der Waals surface area contributed by atoms with Crippen LogP contribution >= 0.6 is 0 Å². The summed E-state index contributed by atoms with van der Waals surface area (Å²) >= 11 is 0. The Kier molecular flexibility index (Phi) is 2.62. The maximum atomic E-state index is 12.1. The molecule has 0 heterocycles. The Labute approximate surface area is 106 Å². The molecule has 4 unspecified atom stereocenters. The van der Waals surface area contributed by atoms with E-state index in [2.05, 4.69) is 5.32 Å². The first-order chi connectivity index (χ1) is 8.51. The molecule has 0 aliphatic heterocycles. The van der Waals surface area contributed by atoms with Gasteiger partial charge in [-0.15, -0.1) is 0 Å². The molecule has 3 aliphatic carbocycles. The maximum Gasteiger partial charge on any atom is 0.308 e. The minimum absolute atomic E-state index is 0.141. The van der Waals surface area contributed by atoms with Gasteiger partial charge in [0.15, 0.2) is 0 Å². The molecule has 0 spiro atoms. The molecule has 0 aromatic heterocycles. The van der Waals surface area contributed by atoms with E-state index in [4.69, 9.17) is 5.73 Å². The molecule has 0 aromatic rings. The fourth-order valence-corrected chi connectivity index (χ4v) is 3.93. The first kappa shape index (κ1) is 12.0. The lowest BCUT2D eigenvalue weighted by Crippen LogP contribution is -2.62. The van der Waals surface area contributed by atoms with Gasteiger partial charge in [0.2, 0.25) is 5.91 Å². The van der Waals surface area contributed by atoms with E-state index in [9.17, 15) is 14.7 Å². The van der Waals surface area contributed by atoms with Gasteiger partial charge in [-0.2, -0.15) is 0 Å². The van der Waals surface area contributed by atoms with Crippen molar-refractivity contribution in [1.82, 2.24) is 5.32 Å². The molecular weight excluding hydrogens is 232 g/mol. The van der Waals surface area contributed by atoms with Crippen LogP contribution in [0.25, 0.3) is 0 Å². The van der Waals surface area contributed by atoms with Crippen LogP contribution in [0.2, 0.25) is 0 Å². The summed E-state index contributed by atoms with van der Waals surface area (Å²) in [6.45, 7) is 0. The molecule has 3 saturated carbocycles. The number of rotatable bonds is 3. The van der Waals surface area contributed by atoms with Gasteiger partial charge in [-0.3, -0.25) is 9.59 Å². The van der Waals surface area contributed by atoms with Crippen molar-refractivity contribution in [2.24, 2.45) is 23.5 Å². The van der Waals surface area contributed by atoms with E-state index in [1.807, 2.05) is 0 Å². The summed E-state index contributed by atoms with van der Waals surface area (Å²) in [5, 5.41) is 12.2. The van der Waals surface area contributed by atoms with Crippen LogP contribution in [0.4, 0.5) is 0 Å². The van der Waals surface area contributed by atoms with Crippen LogP contribution in [0.5, 0.6) is 0 Å². The predicted octanol–water partition coefficient (Wildman–Crippen LogP) is 0.483. The summed E-state index contributed by atoms with van der Waals surface area (Å²) in [5.41, 5.74) is 5.25. The Morgan fingerprint density at radius 1 is 1.22 bits per heavy atom. The Morgan fingerprint density at radius 3 is 2.44 bits per heavy atom. The third-order valence-corrected chi connectivity index (χ3v) is 5.20. The van der Waals surface area contributed by atoms with E-state index in [1.54, 1.807) is 0 Å². The second-order valence-electron chi connectivity index (χ2n) is 6.21. The molecule has 5 nitrogen and oxygen atoms in total. The molecule has 18 heavy (non-hydrogen) atoms. The zero-order valence-corrected chi connectivity index (χ0v) is 10.4. The Hall–Kier alpha value is -1.10. The Morgan fingerprint density at radius 2 is 1.89 bits per heavy atom. The molecule has 1 amide bonds. The second-order valence-corrected chi connectivity index (χ2v) is 6.21. The van der Waals surface area contributed by atoms with Crippen molar-refractivity contribution in [1.29, 1.82) is 0 Å². The highest BCUT2D eigenvalue weighted by molar-refractivity contribution is 5.88. The molecule has 0 saturated heterocycles. The van der Waals surface area contributed by atoms with Gasteiger partial charge < -0.3 is 16.2 Å². The predicted molar refractivity (Wildman–Crippen MR) is 64.7 cm³/mol. The maximum absolute atomic E-state index is 12.1. The molecule has 3 rings (SSSR count). The first-order valence-corrected chi connectivity index (χ1v) is 6.84. The number of hydrogen-bond donors (Lipinski definition) is 3. The van der Waals surface area contributed by atoms with Crippen molar-refractivity contribution >= 4 is 11.9 Å². The number of nitrogens with one attached hydrogen (secondary N) is 1. The molecule has 5 heteroatoms. The molecule has 2 bridgehead atoms. The summed E-state index contributed by atoms with van der Waals surface area (Å²) in [7, 11) is 0. The van der Waals surface area contributed by atoms with Crippen molar-refractivity contribution in [3.63, 3.8) is 0 Å². The van der Waals surface area contributed by atoms with Gasteiger partial charge in [-0.25, -0.2) is 0 Å². The van der Waals surface area contributed by atoms with Gasteiger partial charge in [0.05, 0.1) is 11.5 Å². The monoisotopic (exact) mass is 252 g/mol. The van der Waals surface area contributed by atoms with E-state index in [0.29, 0.717) is 5.92 Å². The van der Waals surface area contributed by atoms with Gasteiger partial charge in [-0.05, 0) is 50.4 Å². The van der Waals surface area contributed by atoms with Crippen molar-refractivity contribution < 1.29 is 14.7 Å². The van der Waals surface area contributed by atoms with E-state index in [0.717, 1.165) is 38.5 Å². The fourth-order valence-electron chi connectivity index (χ4n) is 3.93. The van der Waals surface area contributed by atoms with Crippen molar-refractivity contribution in [2.75, 3.05) is 0 Å². The number of fused-ring (bicyclic) bond motifs is 2. The molecule has 4 atom stereocenters. The molecule has 3 aliphatic rings. The van der Waals surface area contributed by atoms with E-state index < -0.39 is 17.4 Å².